The summed E-state index contributed by atoms with van der Waals surface area (Å²) in [5.74, 6) is -0.299. The molecule has 1 fully saturated rings. The van der Waals surface area contributed by atoms with Gasteiger partial charge >= 0.3 is 0 Å². The third-order valence-corrected chi connectivity index (χ3v) is 4.22. The topological polar surface area (TPSA) is 67.2 Å². The number of nitrogens with zero attached hydrogens (tertiary/aromatic N) is 3. The van der Waals surface area contributed by atoms with Crippen LogP contribution in [0.5, 0.6) is 0 Å². The van der Waals surface area contributed by atoms with E-state index in [0.29, 0.717) is 25.2 Å². The summed E-state index contributed by atoms with van der Waals surface area (Å²) in [5.41, 5.74) is 1.42. The monoisotopic (exact) mass is 326 g/mol. The van der Waals surface area contributed by atoms with Gasteiger partial charge in [0.2, 0.25) is 5.91 Å². The highest BCUT2D eigenvalue weighted by molar-refractivity contribution is 5.96. The van der Waals surface area contributed by atoms with Crippen molar-refractivity contribution in [2.75, 3.05) is 13.1 Å². The summed E-state index contributed by atoms with van der Waals surface area (Å²) in [6.45, 7) is 4.99. The molecule has 1 aromatic carbocycles. The van der Waals surface area contributed by atoms with Gasteiger partial charge < -0.3 is 10.2 Å². The normalized spacial score (nSPS) is 17.9. The van der Waals surface area contributed by atoms with E-state index in [4.69, 9.17) is 0 Å². The summed E-state index contributed by atoms with van der Waals surface area (Å²) in [7, 11) is 0. The van der Waals surface area contributed by atoms with Gasteiger partial charge in [-0.3, -0.25) is 14.3 Å². The molecule has 1 aliphatic heterocycles. The molecule has 24 heavy (non-hydrogen) atoms. The quantitative estimate of drug-likeness (QED) is 0.929. The fraction of sp³-hybridized carbons (Fsp3) is 0.389. The van der Waals surface area contributed by atoms with Gasteiger partial charge in [-0.2, -0.15) is 5.10 Å². The van der Waals surface area contributed by atoms with Crippen LogP contribution in [-0.2, 0) is 11.2 Å². The highest BCUT2D eigenvalue weighted by Crippen LogP contribution is 2.16. The standard InChI is InChI=1S/C18H22N4O2/c1-13(2)22-10-8-15(20-22)18(24)21-11-9-19-17(23)16(21)12-14-6-4-3-5-7-14/h3-8,10,13,16H,9,11-12H2,1-2H3,(H,19,23)/t16-/m1/s1. The van der Waals surface area contributed by atoms with Crippen LogP contribution in [0.3, 0.4) is 0 Å². The van der Waals surface area contributed by atoms with Crippen molar-refractivity contribution >= 4 is 11.8 Å². The molecular weight excluding hydrogens is 304 g/mol. The second-order valence-electron chi connectivity index (χ2n) is 6.27. The van der Waals surface area contributed by atoms with E-state index in [1.54, 1.807) is 21.8 Å². The van der Waals surface area contributed by atoms with E-state index in [0.717, 1.165) is 5.56 Å². The summed E-state index contributed by atoms with van der Waals surface area (Å²) in [4.78, 5) is 26.8. The van der Waals surface area contributed by atoms with Gasteiger partial charge in [-0.05, 0) is 25.5 Å². The Morgan fingerprint density at radius 3 is 2.71 bits per heavy atom. The Morgan fingerprint density at radius 2 is 2.04 bits per heavy atom. The molecule has 0 saturated carbocycles. The van der Waals surface area contributed by atoms with Crippen molar-refractivity contribution < 1.29 is 9.59 Å². The molecule has 1 N–H and O–H groups in total. The molecule has 0 bridgehead atoms. The Balaban J connectivity index is 1.82. The van der Waals surface area contributed by atoms with E-state index >= 15 is 0 Å². The third kappa shape index (κ3) is 3.32. The number of carbonyl (C=O) groups excluding carboxylic acids is 2. The fourth-order valence-corrected chi connectivity index (χ4v) is 2.88. The maximum absolute atomic E-state index is 12.9. The molecule has 126 valence electrons. The molecule has 0 aliphatic carbocycles. The van der Waals surface area contributed by atoms with Crippen molar-refractivity contribution in [2.45, 2.75) is 32.4 Å². The lowest BCUT2D eigenvalue weighted by Gasteiger charge is -2.34. The lowest BCUT2D eigenvalue weighted by Crippen LogP contribution is -2.58. The van der Waals surface area contributed by atoms with Crippen LogP contribution in [0.15, 0.2) is 42.6 Å². The zero-order valence-corrected chi connectivity index (χ0v) is 14.0. The molecule has 0 spiro atoms. The molecule has 2 amide bonds. The summed E-state index contributed by atoms with van der Waals surface area (Å²) in [5, 5.41) is 7.20. The molecule has 6 heteroatoms. The molecule has 1 aromatic heterocycles. The van der Waals surface area contributed by atoms with Crippen LogP contribution in [0.25, 0.3) is 0 Å². The SMILES string of the molecule is CC(C)n1ccc(C(=O)N2CCNC(=O)[C@H]2Cc2ccccc2)n1. The van der Waals surface area contributed by atoms with Crippen LogP contribution in [-0.4, -0.2) is 45.6 Å². The first-order valence-corrected chi connectivity index (χ1v) is 8.24. The van der Waals surface area contributed by atoms with E-state index in [9.17, 15) is 9.59 Å². The molecular formula is C18H22N4O2. The minimum absolute atomic E-state index is 0.109. The second-order valence-corrected chi connectivity index (χ2v) is 6.27. The predicted molar refractivity (Wildman–Crippen MR) is 90.6 cm³/mol. The van der Waals surface area contributed by atoms with Crippen molar-refractivity contribution in [3.05, 3.63) is 53.9 Å². The molecule has 1 saturated heterocycles. The highest BCUT2D eigenvalue weighted by Gasteiger charge is 2.34. The fourth-order valence-electron chi connectivity index (χ4n) is 2.88. The minimum Gasteiger partial charge on any atom is -0.353 e. The first-order chi connectivity index (χ1) is 11.6. The molecule has 1 atom stereocenters. The molecule has 2 heterocycles. The van der Waals surface area contributed by atoms with Gasteiger partial charge in [0.25, 0.3) is 5.91 Å². The first kappa shape index (κ1) is 16.2. The Kier molecular flexibility index (Phi) is 4.64. The number of hydrogen-bond donors (Lipinski definition) is 1. The smallest absolute Gasteiger partial charge is 0.275 e. The first-order valence-electron chi connectivity index (χ1n) is 8.24. The van der Waals surface area contributed by atoms with E-state index in [-0.39, 0.29) is 17.9 Å². The van der Waals surface area contributed by atoms with Gasteiger partial charge in [0, 0.05) is 31.7 Å². The molecule has 1 aliphatic rings. The van der Waals surface area contributed by atoms with Crippen LogP contribution < -0.4 is 5.32 Å². The van der Waals surface area contributed by atoms with Gasteiger partial charge in [-0.25, -0.2) is 0 Å². The van der Waals surface area contributed by atoms with Crippen molar-refractivity contribution in [1.29, 1.82) is 0 Å². The van der Waals surface area contributed by atoms with Gasteiger partial charge in [0.1, 0.15) is 11.7 Å². The minimum atomic E-state index is -0.502. The van der Waals surface area contributed by atoms with Crippen molar-refractivity contribution in [2.24, 2.45) is 0 Å². The van der Waals surface area contributed by atoms with Crippen LogP contribution in [0.1, 0.15) is 35.9 Å². The van der Waals surface area contributed by atoms with Crippen LogP contribution in [0.2, 0.25) is 0 Å². The van der Waals surface area contributed by atoms with Gasteiger partial charge in [-0.15, -0.1) is 0 Å². The van der Waals surface area contributed by atoms with Crippen LogP contribution in [0, 0.1) is 0 Å². The molecule has 3 rings (SSSR count). The van der Waals surface area contributed by atoms with Crippen molar-refractivity contribution in [1.82, 2.24) is 20.0 Å². The number of aromatic nitrogens is 2. The number of piperazine rings is 1. The number of benzene rings is 1. The highest BCUT2D eigenvalue weighted by atomic mass is 16.2. The Morgan fingerprint density at radius 1 is 1.29 bits per heavy atom. The Hall–Kier alpha value is -2.63. The van der Waals surface area contributed by atoms with Crippen LogP contribution >= 0.6 is 0 Å². The van der Waals surface area contributed by atoms with E-state index < -0.39 is 6.04 Å². The number of amides is 2. The van der Waals surface area contributed by atoms with Gasteiger partial charge in [0.15, 0.2) is 0 Å². The zero-order chi connectivity index (χ0) is 17.1. The van der Waals surface area contributed by atoms with E-state index in [1.165, 1.54) is 0 Å². The number of carbonyl (C=O) groups is 2. The largest absolute Gasteiger partial charge is 0.353 e. The molecule has 0 radical (unpaired) electrons. The molecule has 0 unspecified atom stereocenters. The number of hydrogen-bond acceptors (Lipinski definition) is 3. The number of nitrogens with one attached hydrogen (secondary N) is 1. The summed E-state index contributed by atoms with van der Waals surface area (Å²) < 4.78 is 1.75. The Bertz CT molecular complexity index is 724. The maximum Gasteiger partial charge on any atom is 0.275 e. The molecule has 2 aromatic rings. The Labute approximate surface area is 141 Å². The van der Waals surface area contributed by atoms with Crippen molar-refractivity contribution in [3.63, 3.8) is 0 Å². The average Bonchev–Trinajstić information content (AvgIpc) is 3.07. The number of rotatable bonds is 4. The van der Waals surface area contributed by atoms with Gasteiger partial charge in [0.05, 0.1) is 0 Å². The van der Waals surface area contributed by atoms with Crippen LogP contribution in [0.4, 0.5) is 0 Å². The second kappa shape index (κ2) is 6.86. The van der Waals surface area contributed by atoms with E-state index in [2.05, 4.69) is 10.4 Å². The lowest BCUT2D eigenvalue weighted by atomic mass is 10.0. The summed E-state index contributed by atoms with van der Waals surface area (Å²) in [6.07, 6.45) is 2.30. The summed E-state index contributed by atoms with van der Waals surface area (Å²) in [6, 6.07) is 11.2. The summed E-state index contributed by atoms with van der Waals surface area (Å²) >= 11 is 0. The lowest BCUT2D eigenvalue weighted by molar-refractivity contribution is -0.127. The predicted octanol–water partition coefficient (Wildman–Crippen LogP) is 1.65. The third-order valence-electron chi connectivity index (χ3n) is 4.22. The maximum atomic E-state index is 12.9. The van der Waals surface area contributed by atoms with Gasteiger partial charge in [-0.1, -0.05) is 30.3 Å². The molecule has 6 nitrogen and oxygen atoms in total. The van der Waals surface area contributed by atoms with Crippen molar-refractivity contribution in [3.8, 4) is 0 Å². The zero-order valence-electron chi connectivity index (χ0n) is 14.0. The van der Waals surface area contributed by atoms with E-state index in [1.807, 2.05) is 44.2 Å². The average molecular weight is 326 g/mol.